The largest absolute Gasteiger partial charge is 0.469 e. The molecule has 3 rings (SSSR count). The highest BCUT2D eigenvalue weighted by Crippen LogP contribution is 2.39. The van der Waals surface area contributed by atoms with Gasteiger partial charge in [-0.3, -0.25) is 13.7 Å². The summed E-state index contributed by atoms with van der Waals surface area (Å²) in [5, 5.41) is 20.4. The summed E-state index contributed by atoms with van der Waals surface area (Å²) in [5.41, 5.74) is -0.0423. The standard InChI is InChI=1S/C13H20N5O8P/c1-16(2)11-7-10(15-13(21)17(11)3)18(5-14-7)12-9(20)8(19)6(26-12)4-25-27(22,23)24/h5-6,8-9,12,19-20H,4H2,1-3H3,(H2,22,23,24)/t6-,8-,9-,12-/m1/s1. The van der Waals surface area contributed by atoms with Crippen LogP contribution >= 0.6 is 7.82 Å². The zero-order chi connectivity index (χ0) is 20.1. The van der Waals surface area contributed by atoms with E-state index < -0.39 is 44.7 Å². The number of imidazole rings is 1. The summed E-state index contributed by atoms with van der Waals surface area (Å²) in [6.45, 7) is -0.635. The van der Waals surface area contributed by atoms with Crippen molar-refractivity contribution in [2.45, 2.75) is 24.5 Å². The molecule has 0 saturated carbocycles. The number of fused-ring (bicyclic) bond motifs is 1. The van der Waals surface area contributed by atoms with E-state index in [1.807, 2.05) is 0 Å². The molecule has 2 aromatic rings. The van der Waals surface area contributed by atoms with E-state index in [4.69, 9.17) is 14.5 Å². The van der Waals surface area contributed by atoms with Crippen LogP contribution in [0.25, 0.3) is 11.2 Å². The van der Waals surface area contributed by atoms with Crippen molar-refractivity contribution in [3.63, 3.8) is 0 Å². The third-order valence-electron chi connectivity index (χ3n) is 4.23. The third-order valence-corrected chi connectivity index (χ3v) is 4.71. The van der Waals surface area contributed by atoms with Gasteiger partial charge in [-0.05, 0) is 0 Å². The van der Waals surface area contributed by atoms with Gasteiger partial charge in [-0.15, -0.1) is 0 Å². The van der Waals surface area contributed by atoms with E-state index in [0.29, 0.717) is 11.3 Å². The molecule has 1 aliphatic heterocycles. The van der Waals surface area contributed by atoms with Gasteiger partial charge in [0.05, 0.1) is 12.9 Å². The first-order chi connectivity index (χ1) is 12.5. The highest BCUT2D eigenvalue weighted by molar-refractivity contribution is 7.46. The van der Waals surface area contributed by atoms with E-state index >= 15 is 0 Å². The zero-order valence-electron chi connectivity index (χ0n) is 14.7. The van der Waals surface area contributed by atoms with Crippen LogP contribution in [0.4, 0.5) is 5.82 Å². The lowest BCUT2D eigenvalue weighted by atomic mass is 10.1. The van der Waals surface area contributed by atoms with Crippen LogP contribution in [0.2, 0.25) is 0 Å². The lowest BCUT2D eigenvalue weighted by molar-refractivity contribution is -0.0504. The summed E-state index contributed by atoms with van der Waals surface area (Å²) in [6.07, 6.45) is -4.00. The number of aromatic nitrogens is 4. The summed E-state index contributed by atoms with van der Waals surface area (Å²) in [4.78, 5) is 39.6. The molecule has 1 fully saturated rings. The molecular formula is C13H20N5O8P. The zero-order valence-corrected chi connectivity index (χ0v) is 15.6. The molecule has 0 aliphatic carbocycles. The van der Waals surface area contributed by atoms with E-state index in [1.165, 1.54) is 15.5 Å². The second-order valence-corrected chi connectivity index (χ2v) is 7.57. The van der Waals surface area contributed by atoms with E-state index in [1.54, 1.807) is 26.0 Å². The second-order valence-electron chi connectivity index (χ2n) is 6.33. The first-order valence-corrected chi connectivity index (χ1v) is 9.37. The fourth-order valence-electron chi connectivity index (χ4n) is 3.00. The molecule has 3 heterocycles. The van der Waals surface area contributed by atoms with Gasteiger partial charge in [0.1, 0.15) is 29.6 Å². The molecule has 13 nitrogen and oxygen atoms in total. The summed E-state index contributed by atoms with van der Waals surface area (Å²) in [6, 6.07) is 0. The summed E-state index contributed by atoms with van der Waals surface area (Å²) < 4.78 is 23.3. The van der Waals surface area contributed by atoms with Crippen molar-refractivity contribution < 1.29 is 33.8 Å². The van der Waals surface area contributed by atoms with Crippen molar-refractivity contribution in [1.29, 1.82) is 0 Å². The Hall–Kier alpha value is -1.86. The number of phosphoric ester groups is 1. The van der Waals surface area contributed by atoms with E-state index in [9.17, 15) is 19.6 Å². The van der Waals surface area contributed by atoms with Gasteiger partial charge in [-0.1, -0.05) is 0 Å². The van der Waals surface area contributed by atoms with Crippen molar-refractivity contribution >= 4 is 24.8 Å². The molecule has 0 spiro atoms. The molecule has 1 aliphatic rings. The van der Waals surface area contributed by atoms with Crippen LogP contribution in [0.3, 0.4) is 0 Å². The second kappa shape index (κ2) is 6.95. The average molecular weight is 405 g/mol. The lowest BCUT2D eigenvalue weighted by Crippen LogP contribution is -2.33. The molecule has 14 heteroatoms. The van der Waals surface area contributed by atoms with Crippen molar-refractivity contribution in [2.24, 2.45) is 7.05 Å². The Kier molecular flexibility index (Phi) is 5.12. The van der Waals surface area contributed by atoms with Crippen LogP contribution in [0.1, 0.15) is 6.23 Å². The predicted molar refractivity (Wildman–Crippen MR) is 91.0 cm³/mol. The van der Waals surface area contributed by atoms with Crippen LogP contribution in [-0.2, 0) is 20.9 Å². The van der Waals surface area contributed by atoms with E-state index in [0.717, 1.165) is 0 Å². The highest BCUT2D eigenvalue weighted by atomic mass is 31.2. The summed E-state index contributed by atoms with van der Waals surface area (Å²) in [5.74, 6) is 0.484. The maximum Gasteiger partial charge on any atom is 0.469 e. The molecule has 0 bridgehead atoms. The summed E-state index contributed by atoms with van der Waals surface area (Å²) >= 11 is 0. The van der Waals surface area contributed by atoms with Crippen molar-refractivity contribution in [1.82, 2.24) is 19.1 Å². The van der Waals surface area contributed by atoms with Crippen LogP contribution in [0, 0.1) is 0 Å². The highest BCUT2D eigenvalue weighted by Gasteiger charge is 2.45. The van der Waals surface area contributed by atoms with Gasteiger partial charge in [-0.2, -0.15) is 4.98 Å². The smallest absolute Gasteiger partial charge is 0.387 e. The summed E-state index contributed by atoms with van der Waals surface area (Å²) in [7, 11) is 0.237. The number of phosphoric acid groups is 1. The maximum absolute atomic E-state index is 12.2. The number of ether oxygens (including phenoxy) is 1. The van der Waals surface area contributed by atoms with Crippen LogP contribution in [-0.4, -0.2) is 78.1 Å². The fourth-order valence-corrected chi connectivity index (χ4v) is 3.34. The molecule has 0 amide bonds. The predicted octanol–water partition coefficient (Wildman–Crippen LogP) is -2.08. The molecule has 0 unspecified atom stereocenters. The lowest BCUT2D eigenvalue weighted by Gasteiger charge is -2.19. The van der Waals surface area contributed by atoms with Gasteiger partial charge >= 0.3 is 13.5 Å². The van der Waals surface area contributed by atoms with Crippen LogP contribution < -0.4 is 10.6 Å². The first-order valence-electron chi connectivity index (χ1n) is 7.84. The van der Waals surface area contributed by atoms with Gasteiger partial charge in [-0.25, -0.2) is 14.3 Å². The number of hydrogen-bond acceptors (Lipinski definition) is 9. The minimum atomic E-state index is -4.77. The van der Waals surface area contributed by atoms with Gasteiger partial charge < -0.3 is 29.6 Å². The molecule has 2 aromatic heterocycles. The number of anilines is 1. The Morgan fingerprint density at radius 3 is 2.59 bits per heavy atom. The normalized spacial score (nSPS) is 26.0. The monoisotopic (exact) mass is 405 g/mol. The molecule has 0 aromatic carbocycles. The van der Waals surface area contributed by atoms with E-state index in [2.05, 4.69) is 14.5 Å². The Labute approximate surface area is 152 Å². The third kappa shape index (κ3) is 3.62. The maximum atomic E-state index is 12.2. The average Bonchev–Trinajstić information content (AvgIpc) is 3.08. The Morgan fingerprint density at radius 1 is 1.33 bits per heavy atom. The topological polar surface area (TPSA) is 172 Å². The Morgan fingerprint density at radius 2 is 2.00 bits per heavy atom. The molecule has 4 atom stereocenters. The number of nitrogens with zero attached hydrogens (tertiary/aromatic N) is 5. The molecule has 1 saturated heterocycles. The number of aliphatic hydroxyl groups excluding tert-OH is 2. The van der Waals surface area contributed by atoms with Crippen molar-refractivity contribution in [3.8, 4) is 0 Å². The number of aliphatic hydroxyl groups is 2. The molecule has 4 N–H and O–H groups in total. The van der Waals surface area contributed by atoms with Gasteiger partial charge in [0.15, 0.2) is 11.9 Å². The molecule has 0 radical (unpaired) electrons. The molecular weight excluding hydrogens is 385 g/mol. The van der Waals surface area contributed by atoms with Gasteiger partial charge in [0.25, 0.3) is 0 Å². The van der Waals surface area contributed by atoms with Crippen molar-refractivity contribution in [3.05, 3.63) is 16.8 Å². The van der Waals surface area contributed by atoms with Gasteiger partial charge in [0, 0.05) is 21.1 Å². The Balaban J connectivity index is 1.98. The SMILES string of the molecule is CN(C)c1c2ncn([C@@H]3O[C@H](COP(=O)(O)O)[C@@H](O)[C@H]3O)c2nc(=O)n1C. The Bertz CT molecular complexity index is 952. The molecule has 150 valence electrons. The quantitative estimate of drug-likeness (QED) is 0.402. The van der Waals surface area contributed by atoms with Crippen LogP contribution in [0.5, 0.6) is 0 Å². The fraction of sp³-hybridized carbons (Fsp3) is 0.615. The van der Waals surface area contributed by atoms with Gasteiger partial charge in [0.2, 0.25) is 0 Å². The van der Waals surface area contributed by atoms with Crippen molar-refractivity contribution in [2.75, 3.05) is 25.6 Å². The van der Waals surface area contributed by atoms with E-state index in [-0.39, 0.29) is 5.65 Å². The molecule has 27 heavy (non-hydrogen) atoms. The first kappa shape index (κ1) is 19.9. The minimum Gasteiger partial charge on any atom is -0.387 e. The minimum absolute atomic E-state index is 0.134. The number of rotatable bonds is 5. The van der Waals surface area contributed by atoms with Crippen LogP contribution in [0.15, 0.2) is 11.1 Å². The number of hydrogen-bond donors (Lipinski definition) is 4.